The molecule has 1 heterocycles. The topological polar surface area (TPSA) is 57.6 Å². The van der Waals surface area contributed by atoms with Crippen LogP contribution in [0.15, 0.2) is 11.6 Å². The van der Waals surface area contributed by atoms with Crippen molar-refractivity contribution in [3.63, 3.8) is 0 Å². The van der Waals surface area contributed by atoms with E-state index in [-0.39, 0.29) is 5.92 Å². The number of aliphatic carboxylic acids is 1. The molecule has 16 heavy (non-hydrogen) atoms. The molecule has 0 saturated carbocycles. The number of likely N-dealkylation sites (tertiary alicyclic amines) is 1. The molecule has 0 bridgehead atoms. The highest BCUT2D eigenvalue weighted by atomic mass is 16.4. The molecule has 1 N–H and O–H groups in total. The van der Waals surface area contributed by atoms with Crippen LogP contribution in [0, 0.1) is 5.92 Å². The lowest BCUT2D eigenvalue weighted by Crippen LogP contribution is -2.39. The van der Waals surface area contributed by atoms with Crippen molar-refractivity contribution in [3.05, 3.63) is 11.6 Å². The average molecular weight is 225 g/mol. The number of carboxylic acid groups (broad SMARTS) is 1. The van der Waals surface area contributed by atoms with Crippen LogP contribution in [0.2, 0.25) is 0 Å². The molecule has 0 radical (unpaired) electrons. The van der Waals surface area contributed by atoms with E-state index in [1.807, 2.05) is 13.8 Å². The van der Waals surface area contributed by atoms with Crippen molar-refractivity contribution < 1.29 is 14.7 Å². The van der Waals surface area contributed by atoms with Crippen LogP contribution in [0.4, 0.5) is 0 Å². The van der Waals surface area contributed by atoms with E-state index in [4.69, 9.17) is 5.11 Å². The van der Waals surface area contributed by atoms with Crippen LogP contribution in [-0.2, 0) is 9.59 Å². The third-order valence-corrected chi connectivity index (χ3v) is 3.01. The van der Waals surface area contributed by atoms with Crippen LogP contribution in [0.3, 0.4) is 0 Å². The third kappa shape index (κ3) is 3.45. The van der Waals surface area contributed by atoms with Gasteiger partial charge in [-0.25, -0.2) is 4.79 Å². The van der Waals surface area contributed by atoms with E-state index < -0.39 is 5.97 Å². The number of rotatable bonds is 4. The van der Waals surface area contributed by atoms with Crippen molar-refractivity contribution in [1.29, 1.82) is 0 Å². The predicted octanol–water partition coefficient (Wildman–Crippen LogP) is 1.32. The van der Waals surface area contributed by atoms with Gasteiger partial charge in [0.15, 0.2) is 0 Å². The number of nitrogens with zero attached hydrogens (tertiary/aromatic N) is 1. The lowest BCUT2D eigenvalue weighted by molar-refractivity contribution is -0.133. The average Bonchev–Trinajstić information content (AvgIpc) is 2.23. The number of carboxylic acids is 1. The summed E-state index contributed by atoms with van der Waals surface area (Å²) in [5.41, 5.74) is 0.449. The molecule has 1 unspecified atom stereocenters. The second kappa shape index (κ2) is 5.80. The molecular weight excluding hydrogens is 206 g/mol. The third-order valence-electron chi connectivity index (χ3n) is 3.01. The molecular formula is C12H19NO3. The predicted molar refractivity (Wildman–Crippen MR) is 61.2 cm³/mol. The van der Waals surface area contributed by atoms with Gasteiger partial charge >= 0.3 is 5.97 Å². The van der Waals surface area contributed by atoms with Gasteiger partial charge in [0.05, 0.1) is 0 Å². The molecule has 0 aromatic heterocycles. The summed E-state index contributed by atoms with van der Waals surface area (Å²) < 4.78 is 0. The smallest absolute Gasteiger partial charge is 0.331 e. The van der Waals surface area contributed by atoms with Gasteiger partial charge in [-0.1, -0.05) is 19.9 Å². The van der Waals surface area contributed by atoms with Gasteiger partial charge in [-0.05, 0) is 6.42 Å². The molecule has 0 amide bonds. The molecule has 4 heteroatoms. The van der Waals surface area contributed by atoms with E-state index in [0.717, 1.165) is 13.1 Å². The molecule has 1 aliphatic heterocycles. The van der Waals surface area contributed by atoms with Crippen LogP contribution < -0.4 is 0 Å². The highest BCUT2D eigenvalue weighted by Gasteiger charge is 2.22. The molecule has 0 aliphatic carbocycles. The zero-order valence-electron chi connectivity index (χ0n) is 9.90. The van der Waals surface area contributed by atoms with Gasteiger partial charge in [-0.15, -0.1) is 0 Å². The van der Waals surface area contributed by atoms with Gasteiger partial charge < -0.3 is 5.11 Å². The summed E-state index contributed by atoms with van der Waals surface area (Å²) in [5.74, 6) is -0.449. The summed E-state index contributed by atoms with van der Waals surface area (Å²) in [7, 11) is 0. The van der Waals surface area contributed by atoms with E-state index >= 15 is 0 Å². The Morgan fingerprint density at radius 1 is 1.62 bits per heavy atom. The maximum Gasteiger partial charge on any atom is 0.331 e. The van der Waals surface area contributed by atoms with E-state index in [2.05, 4.69) is 4.90 Å². The van der Waals surface area contributed by atoms with Crippen LogP contribution in [0.1, 0.15) is 26.7 Å². The number of carbonyl (C=O) groups is 2. The summed E-state index contributed by atoms with van der Waals surface area (Å²) in [6.07, 6.45) is 2.88. The molecule has 1 aliphatic rings. The fraction of sp³-hybridized carbons (Fsp3) is 0.667. The molecule has 1 saturated heterocycles. The molecule has 0 aromatic carbocycles. The first-order valence-corrected chi connectivity index (χ1v) is 5.72. The lowest BCUT2D eigenvalue weighted by atomic mass is 9.98. The molecule has 90 valence electrons. The number of piperidine rings is 1. The Hall–Kier alpha value is -1.16. The first-order chi connectivity index (χ1) is 7.54. The first kappa shape index (κ1) is 12.9. The maximum absolute atomic E-state index is 11.3. The summed E-state index contributed by atoms with van der Waals surface area (Å²) in [6.45, 7) is 5.88. The van der Waals surface area contributed by atoms with Crippen LogP contribution in [-0.4, -0.2) is 41.4 Å². The zero-order chi connectivity index (χ0) is 12.1. The Morgan fingerprint density at radius 2 is 2.31 bits per heavy atom. The van der Waals surface area contributed by atoms with Gasteiger partial charge in [0, 0.05) is 37.5 Å². The van der Waals surface area contributed by atoms with E-state index in [9.17, 15) is 9.59 Å². The largest absolute Gasteiger partial charge is 0.478 e. The van der Waals surface area contributed by atoms with Crippen molar-refractivity contribution >= 4 is 11.8 Å². The van der Waals surface area contributed by atoms with Gasteiger partial charge in [0.25, 0.3) is 0 Å². The molecule has 0 aromatic rings. The van der Waals surface area contributed by atoms with E-state index in [0.29, 0.717) is 30.7 Å². The number of hydrogen-bond donors (Lipinski definition) is 1. The molecule has 1 atom stereocenters. The Kier molecular flexibility index (Phi) is 4.68. The fourth-order valence-electron chi connectivity index (χ4n) is 1.88. The second-order valence-corrected chi connectivity index (χ2v) is 4.27. The number of carbonyl (C=O) groups excluding carboxylic acids is 1. The van der Waals surface area contributed by atoms with Crippen molar-refractivity contribution in [1.82, 2.24) is 4.90 Å². The van der Waals surface area contributed by atoms with Crippen molar-refractivity contribution in [2.75, 3.05) is 19.6 Å². The van der Waals surface area contributed by atoms with Gasteiger partial charge in [0.2, 0.25) is 0 Å². The van der Waals surface area contributed by atoms with Crippen LogP contribution in [0.5, 0.6) is 0 Å². The minimum Gasteiger partial charge on any atom is -0.478 e. The van der Waals surface area contributed by atoms with Gasteiger partial charge in [-0.2, -0.15) is 0 Å². The number of hydrogen-bond acceptors (Lipinski definition) is 3. The fourth-order valence-corrected chi connectivity index (χ4v) is 1.88. The van der Waals surface area contributed by atoms with Gasteiger partial charge in [0.1, 0.15) is 5.78 Å². The second-order valence-electron chi connectivity index (χ2n) is 4.27. The van der Waals surface area contributed by atoms with E-state index in [1.54, 1.807) is 6.08 Å². The number of ketones is 1. The Morgan fingerprint density at radius 3 is 2.81 bits per heavy atom. The lowest BCUT2D eigenvalue weighted by Gasteiger charge is -2.28. The van der Waals surface area contributed by atoms with Crippen LogP contribution in [0.25, 0.3) is 0 Å². The first-order valence-electron chi connectivity index (χ1n) is 5.72. The Labute approximate surface area is 95.9 Å². The summed E-state index contributed by atoms with van der Waals surface area (Å²) >= 11 is 0. The molecule has 1 fully saturated rings. The standard InChI is InChI=1S/C12H19NO3/c1-3-10(12(15)16)4-6-13-7-5-11(14)9(2)8-13/h4,9H,3,5-8H2,1-2H3,(H,15,16). The van der Waals surface area contributed by atoms with Crippen molar-refractivity contribution in [2.24, 2.45) is 5.92 Å². The van der Waals surface area contributed by atoms with Crippen molar-refractivity contribution in [2.45, 2.75) is 26.7 Å². The minimum atomic E-state index is -0.844. The Balaban J connectivity index is 2.49. The SMILES string of the molecule is CCC(=CCN1CCC(=O)C(C)C1)C(=O)O. The highest BCUT2D eigenvalue weighted by Crippen LogP contribution is 2.12. The zero-order valence-corrected chi connectivity index (χ0v) is 9.90. The van der Waals surface area contributed by atoms with Crippen molar-refractivity contribution in [3.8, 4) is 0 Å². The minimum absolute atomic E-state index is 0.0806. The van der Waals surface area contributed by atoms with E-state index in [1.165, 1.54) is 0 Å². The summed E-state index contributed by atoms with van der Waals surface area (Å²) in [6, 6.07) is 0. The molecule has 0 spiro atoms. The summed E-state index contributed by atoms with van der Waals surface area (Å²) in [4.78, 5) is 24.2. The maximum atomic E-state index is 11.3. The normalized spacial score (nSPS) is 23.5. The Bertz CT molecular complexity index is 309. The quantitative estimate of drug-likeness (QED) is 0.733. The monoisotopic (exact) mass is 225 g/mol. The van der Waals surface area contributed by atoms with Crippen LogP contribution >= 0.6 is 0 Å². The molecule has 1 rings (SSSR count). The summed E-state index contributed by atoms with van der Waals surface area (Å²) in [5, 5.41) is 8.86. The highest BCUT2D eigenvalue weighted by molar-refractivity contribution is 5.86. The molecule has 4 nitrogen and oxygen atoms in total. The number of Topliss-reactive ketones (excluding diaryl/α,β-unsaturated/α-hetero) is 1. The van der Waals surface area contributed by atoms with Gasteiger partial charge in [-0.3, -0.25) is 9.69 Å².